The number of rotatable bonds is 47. The van der Waals surface area contributed by atoms with Crippen LogP contribution in [-0.2, 0) is 28.6 Å². The predicted octanol–water partition coefficient (Wildman–Crippen LogP) is 17.4. The van der Waals surface area contributed by atoms with Gasteiger partial charge in [0.1, 0.15) is 13.2 Å². The smallest absolute Gasteiger partial charge is 0.306 e. The van der Waals surface area contributed by atoms with Gasteiger partial charge >= 0.3 is 17.9 Å². The summed E-state index contributed by atoms with van der Waals surface area (Å²) in [6.45, 7) is 6.49. The van der Waals surface area contributed by atoms with Crippen LogP contribution in [0.25, 0.3) is 0 Å². The van der Waals surface area contributed by atoms with Gasteiger partial charge in [0.2, 0.25) is 0 Å². The quantitative estimate of drug-likeness (QED) is 0.0262. The molecule has 1 atom stereocenters. The predicted molar refractivity (Wildman–Crippen MR) is 270 cm³/mol. The molecule has 0 aliphatic rings. The first-order valence-corrected chi connectivity index (χ1v) is 26.4. The molecule has 0 saturated carbocycles. The Morgan fingerprint density at radius 3 is 0.968 bits per heavy atom. The van der Waals surface area contributed by atoms with E-state index in [2.05, 4.69) is 93.7 Å². The molecule has 1 unspecified atom stereocenters. The van der Waals surface area contributed by atoms with E-state index >= 15 is 0 Å². The first kappa shape index (κ1) is 59.9. The minimum Gasteiger partial charge on any atom is -0.462 e. The molecule has 63 heavy (non-hydrogen) atoms. The molecule has 0 bridgehead atoms. The third-order valence-corrected chi connectivity index (χ3v) is 11.2. The molecule has 362 valence electrons. The lowest BCUT2D eigenvalue weighted by Gasteiger charge is -2.18. The van der Waals surface area contributed by atoms with Crippen molar-refractivity contribution in [3.05, 3.63) is 72.9 Å². The Hall–Kier alpha value is -3.15. The van der Waals surface area contributed by atoms with Crippen molar-refractivity contribution >= 4 is 17.9 Å². The fourth-order valence-electron chi connectivity index (χ4n) is 7.27. The second kappa shape index (κ2) is 51.5. The van der Waals surface area contributed by atoms with Crippen LogP contribution in [0, 0.1) is 0 Å². The molecule has 0 spiro atoms. The van der Waals surface area contributed by atoms with Crippen molar-refractivity contribution in [1.82, 2.24) is 0 Å². The summed E-state index contributed by atoms with van der Waals surface area (Å²) in [6, 6.07) is 0. The topological polar surface area (TPSA) is 78.9 Å². The molecule has 0 aromatic carbocycles. The zero-order valence-electron chi connectivity index (χ0n) is 41.3. The molecule has 0 radical (unpaired) electrons. The highest BCUT2D eigenvalue weighted by Crippen LogP contribution is 2.15. The molecule has 0 rings (SSSR count). The van der Waals surface area contributed by atoms with Gasteiger partial charge in [-0.25, -0.2) is 0 Å². The van der Waals surface area contributed by atoms with E-state index in [4.69, 9.17) is 14.2 Å². The summed E-state index contributed by atoms with van der Waals surface area (Å²) >= 11 is 0. The van der Waals surface area contributed by atoms with Crippen molar-refractivity contribution in [2.45, 2.75) is 258 Å². The Morgan fingerprint density at radius 2 is 0.619 bits per heavy atom. The Balaban J connectivity index is 4.41. The van der Waals surface area contributed by atoms with Gasteiger partial charge in [-0.1, -0.05) is 235 Å². The third kappa shape index (κ3) is 49.7. The maximum Gasteiger partial charge on any atom is 0.306 e. The Labute approximate surface area is 389 Å². The summed E-state index contributed by atoms with van der Waals surface area (Å²) in [4.78, 5) is 37.9. The average Bonchev–Trinajstić information content (AvgIpc) is 3.28. The van der Waals surface area contributed by atoms with Gasteiger partial charge in [0.15, 0.2) is 6.10 Å². The van der Waals surface area contributed by atoms with E-state index < -0.39 is 6.10 Å². The summed E-state index contributed by atoms with van der Waals surface area (Å²) in [7, 11) is 0. The SMILES string of the molecule is CC/C=C\C/C=C\C/C=C\C/C=C\C/C=C\C/C=C\CCCCC(=O)OCC(COC(=O)CCCCCCCCCCCCC)OC(=O)CCCCCCCCCCCCCCC. The molecule has 0 fully saturated rings. The molecule has 6 heteroatoms. The van der Waals surface area contributed by atoms with Gasteiger partial charge in [-0.3, -0.25) is 14.4 Å². The molecule has 0 aromatic heterocycles. The molecule has 0 aliphatic heterocycles. The highest BCUT2D eigenvalue weighted by Gasteiger charge is 2.19. The highest BCUT2D eigenvalue weighted by molar-refractivity contribution is 5.71. The van der Waals surface area contributed by atoms with Crippen molar-refractivity contribution in [3.63, 3.8) is 0 Å². The van der Waals surface area contributed by atoms with Crippen LogP contribution < -0.4 is 0 Å². The maximum absolute atomic E-state index is 12.8. The van der Waals surface area contributed by atoms with E-state index in [0.717, 1.165) is 96.3 Å². The molecule has 0 amide bonds. The largest absolute Gasteiger partial charge is 0.462 e. The van der Waals surface area contributed by atoms with E-state index in [-0.39, 0.29) is 31.1 Å². The van der Waals surface area contributed by atoms with E-state index in [9.17, 15) is 14.4 Å². The Kier molecular flexibility index (Phi) is 48.9. The number of esters is 3. The van der Waals surface area contributed by atoms with Crippen molar-refractivity contribution in [2.24, 2.45) is 0 Å². The summed E-state index contributed by atoms with van der Waals surface area (Å²) in [5.74, 6) is -0.927. The number of unbranched alkanes of at least 4 members (excludes halogenated alkanes) is 24. The van der Waals surface area contributed by atoms with Crippen LogP contribution in [0.5, 0.6) is 0 Å². The Bertz CT molecular complexity index is 1190. The zero-order chi connectivity index (χ0) is 45.8. The van der Waals surface area contributed by atoms with Gasteiger partial charge in [0.05, 0.1) is 0 Å². The molecule has 0 aliphatic carbocycles. The number of ether oxygens (including phenoxy) is 3. The number of allylic oxidation sites excluding steroid dienone is 12. The van der Waals surface area contributed by atoms with Crippen molar-refractivity contribution in [1.29, 1.82) is 0 Å². The second-order valence-corrected chi connectivity index (χ2v) is 17.4. The van der Waals surface area contributed by atoms with Gasteiger partial charge in [-0.15, -0.1) is 0 Å². The fraction of sp³-hybridized carbons (Fsp3) is 0.737. The van der Waals surface area contributed by atoms with E-state index in [1.54, 1.807) is 0 Å². The van der Waals surface area contributed by atoms with Crippen LogP contribution in [0.3, 0.4) is 0 Å². The van der Waals surface area contributed by atoms with Gasteiger partial charge in [0, 0.05) is 19.3 Å². The normalized spacial score (nSPS) is 12.6. The van der Waals surface area contributed by atoms with Gasteiger partial charge in [-0.2, -0.15) is 0 Å². The monoisotopic (exact) mass is 879 g/mol. The molecule has 0 heterocycles. The minimum absolute atomic E-state index is 0.0861. The summed E-state index contributed by atoms with van der Waals surface area (Å²) in [5.41, 5.74) is 0. The van der Waals surface area contributed by atoms with E-state index in [1.807, 2.05) is 0 Å². The third-order valence-electron chi connectivity index (χ3n) is 11.2. The molecular weight excluding hydrogens is 781 g/mol. The first-order valence-electron chi connectivity index (χ1n) is 26.4. The summed E-state index contributed by atoms with van der Waals surface area (Å²) in [5, 5.41) is 0. The number of hydrogen-bond acceptors (Lipinski definition) is 6. The lowest BCUT2D eigenvalue weighted by Crippen LogP contribution is -2.30. The highest BCUT2D eigenvalue weighted by atomic mass is 16.6. The zero-order valence-corrected chi connectivity index (χ0v) is 41.3. The molecule has 0 aromatic rings. The van der Waals surface area contributed by atoms with Crippen molar-refractivity contribution < 1.29 is 28.6 Å². The summed E-state index contributed by atoms with van der Waals surface area (Å²) < 4.78 is 16.8. The van der Waals surface area contributed by atoms with Gasteiger partial charge in [0.25, 0.3) is 0 Å². The van der Waals surface area contributed by atoms with E-state index in [0.29, 0.717) is 19.3 Å². The standard InChI is InChI=1S/C57H98O6/c1-4-7-10-13-16-19-22-24-25-26-27-28-29-30-31-33-35-38-41-44-47-50-56(59)62-53-54(52-61-55(58)49-46-43-40-37-34-21-18-15-12-9-6-3)63-57(60)51-48-45-42-39-36-32-23-20-17-14-11-8-5-2/h7,10,16,19,24-25,27-28,30-31,35,38,54H,4-6,8-9,11-15,17-18,20-23,26,29,32-34,36-37,39-53H2,1-3H3/b10-7-,19-16-,25-24-,28-27-,31-30-,38-35-. The molecule has 0 N–H and O–H groups in total. The van der Waals surface area contributed by atoms with Crippen LogP contribution >= 0.6 is 0 Å². The number of hydrogen-bond donors (Lipinski definition) is 0. The van der Waals surface area contributed by atoms with Crippen LogP contribution in [0.15, 0.2) is 72.9 Å². The van der Waals surface area contributed by atoms with E-state index in [1.165, 1.54) is 116 Å². The van der Waals surface area contributed by atoms with Crippen LogP contribution in [0.2, 0.25) is 0 Å². The molecule has 6 nitrogen and oxygen atoms in total. The number of carbonyl (C=O) groups excluding carboxylic acids is 3. The maximum atomic E-state index is 12.8. The first-order chi connectivity index (χ1) is 31.0. The minimum atomic E-state index is -0.788. The van der Waals surface area contributed by atoms with Crippen LogP contribution in [0.1, 0.15) is 252 Å². The summed E-state index contributed by atoms with van der Waals surface area (Å²) in [6.07, 6.45) is 64.6. The van der Waals surface area contributed by atoms with Crippen LogP contribution in [0.4, 0.5) is 0 Å². The van der Waals surface area contributed by atoms with Crippen molar-refractivity contribution in [3.8, 4) is 0 Å². The lowest BCUT2D eigenvalue weighted by molar-refractivity contribution is -0.167. The lowest BCUT2D eigenvalue weighted by atomic mass is 10.0. The van der Waals surface area contributed by atoms with Gasteiger partial charge < -0.3 is 14.2 Å². The van der Waals surface area contributed by atoms with Crippen LogP contribution in [-0.4, -0.2) is 37.2 Å². The average molecular weight is 879 g/mol. The fourth-order valence-corrected chi connectivity index (χ4v) is 7.27. The van der Waals surface area contributed by atoms with Crippen molar-refractivity contribution in [2.75, 3.05) is 13.2 Å². The number of carbonyl (C=O) groups is 3. The Morgan fingerprint density at radius 1 is 0.333 bits per heavy atom. The van der Waals surface area contributed by atoms with Gasteiger partial charge in [-0.05, 0) is 70.6 Å². The molecular formula is C57H98O6. The second-order valence-electron chi connectivity index (χ2n) is 17.4. The molecule has 0 saturated heterocycles.